The lowest BCUT2D eigenvalue weighted by Crippen LogP contribution is -1.84. The minimum absolute atomic E-state index is 1.08. The average Bonchev–Trinajstić information content (AvgIpc) is 2.16. The van der Waals surface area contributed by atoms with Crippen LogP contribution in [0.1, 0.15) is 72.1 Å². The summed E-state index contributed by atoms with van der Waals surface area (Å²) >= 11 is 0. The molecule has 1 radical (unpaired) electrons. The van der Waals surface area contributed by atoms with Crippen LogP contribution in [0.4, 0.5) is 0 Å². The smallest absolute Gasteiger partial charge is 0.0305 e. The highest BCUT2D eigenvalue weighted by Crippen LogP contribution is 2.13. The van der Waals surface area contributed by atoms with Crippen molar-refractivity contribution in [1.82, 2.24) is 0 Å². The van der Waals surface area contributed by atoms with Crippen molar-refractivity contribution in [3.63, 3.8) is 0 Å². The molecule has 0 saturated heterocycles. The normalized spacial score (nSPS) is 12.1. The van der Waals surface area contributed by atoms with Crippen LogP contribution in [0.25, 0.3) is 0 Å². The molecule has 0 atom stereocenters. The zero-order valence-electron chi connectivity index (χ0n) is 9.66. The number of unbranched alkanes of at least 4 members (excludes halogenated alkanes) is 4. The van der Waals surface area contributed by atoms with Gasteiger partial charge in [-0.1, -0.05) is 52.0 Å². The van der Waals surface area contributed by atoms with Crippen LogP contribution < -0.4 is 0 Å². The summed E-state index contributed by atoms with van der Waals surface area (Å²) in [5, 5.41) is 0. The summed E-state index contributed by atoms with van der Waals surface area (Å²) in [5.74, 6) is 0. The van der Waals surface area contributed by atoms with Gasteiger partial charge in [0.2, 0.25) is 0 Å². The molecular formula is C13H25. The maximum atomic E-state index is 3.44. The fraction of sp³-hybridized carbons (Fsp3) is 0.846. The molecule has 0 aromatic carbocycles. The van der Waals surface area contributed by atoms with Crippen molar-refractivity contribution >= 4 is 0 Å². The van der Waals surface area contributed by atoms with E-state index in [1.165, 1.54) is 44.9 Å². The standard InChI is InChI=1S/C13H25/c1-4-7-8-9-10-12-13(6-3)11-5-2/h4-10,12H2,1-3H3. The second-order valence-electron chi connectivity index (χ2n) is 3.65. The molecule has 0 amide bonds. The maximum absolute atomic E-state index is 3.44. The van der Waals surface area contributed by atoms with Gasteiger partial charge in [-0.3, -0.25) is 0 Å². The van der Waals surface area contributed by atoms with Crippen molar-refractivity contribution in [3.05, 3.63) is 11.6 Å². The predicted octanol–water partition coefficient (Wildman–Crippen LogP) is 4.90. The van der Waals surface area contributed by atoms with Crippen molar-refractivity contribution in [1.29, 1.82) is 0 Å². The van der Waals surface area contributed by atoms with E-state index < -0.39 is 0 Å². The molecule has 0 bridgehead atoms. The lowest BCUT2D eigenvalue weighted by atomic mass is 10.0. The van der Waals surface area contributed by atoms with Gasteiger partial charge in [0.25, 0.3) is 0 Å². The zero-order valence-corrected chi connectivity index (χ0v) is 9.66. The van der Waals surface area contributed by atoms with Crippen molar-refractivity contribution in [2.24, 2.45) is 0 Å². The van der Waals surface area contributed by atoms with E-state index in [2.05, 4.69) is 26.8 Å². The third-order valence-corrected chi connectivity index (χ3v) is 2.44. The van der Waals surface area contributed by atoms with E-state index in [4.69, 9.17) is 0 Å². The summed E-state index contributed by atoms with van der Waals surface area (Å²) in [5.41, 5.74) is 1.54. The third kappa shape index (κ3) is 8.08. The molecule has 0 nitrogen and oxygen atoms in total. The Balaban J connectivity index is 3.33. The van der Waals surface area contributed by atoms with Crippen LogP contribution >= 0.6 is 0 Å². The Kier molecular flexibility index (Phi) is 9.63. The minimum atomic E-state index is 1.08. The molecule has 0 aliphatic rings. The molecule has 13 heavy (non-hydrogen) atoms. The van der Waals surface area contributed by atoms with E-state index in [-0.39, 0.29) is 0 Å². The van der Waals surface area contributed by atoms with Gasteiger partial charge in [0, 0.05) is 0 Å². The molecule has 0 heterocycles. The first-order valence-corrected chi connectivity index (χ1v) is 5.93. The first kappa shape index (κ1) is 12.7. The van der Waals surface area contributed by atoms with Gasteiger partial charge in [-0.15, -0.1) is 0 Å². The third-order valence-electron chi connectivity index (χ3n) is 2.44. The Morgan fingerprint density at radius 1 is 0.923 bits per heavy atom. The fourth-order valence-corrected chi connectivity index (χ4v) is 1.58. The molecule has 0 aromatic heterocycles. The fourth-order valence-electron chi connectivity index (χ4n) is 1.58. The first-order valence-electron chi connectivity index (χ1n) is 5.93. The van der Waals surface area contributed by atoms with Crippen molar-refractivity contribution in [2.45, 2.75) is 72.1 Å². The number of allylic oxidation sites excluding steroid dienone is 2. The van der Waals surface area contributed by atoms with Gasteiger partial charge in [-0.25, -0.2) is 0 Å². The van der Waals surface area contributed by atoms with Crippen molar-refractivity contribution in [3.8, 4) is 0 Å². The van der Waals surface area contributed by atoms with Crippen molar-refractivity contribution < 1.29 is 0 Å². The van der Waals surface area contributed by atoms with Crippen LogP contribution in [0.3, 0.4) is 0 Å². The number of hydrogen-bond donors (Lipinski definition) is 0. The SMILES string of the molecule is CC/[C]=C(/CC)CCCCCCC. The van der Waals surface area contributed by atoms with Crippen molar-refractivity contribution in [2.75, 3.05) is 0 Å². The second kappa shape index (κ2) is 9.83. The van der Waals surface area contributed by atoms with E-state index >= 15 is 0 Å². The zero-order chi connectivity index (χ0) is 9.94. The lowest BCUT2D eigenvalue weighted by molar-refractivity contribution is 0.625. The quantitative estimate of drug-likeness (QED) is 0.467. The monoisotopic (exact) mass is 181 g/mol. The minimum Gasteiger partial charge on any atom is -0.0670 e. The topological polar surface area (TPSA) is 0 Å². The predicted molar refractivity (Wildman–Crippen MR) is 60.7 cm³/mol. The molecule has 0 fully saturated rings. The van der Waals surface area contributed by atoms with Gasteiger partial charge in [-0.2, -0.15) is 0 Å². The summed E-state index contributed by atoms with van der Waals surface area (Å²) < 4.78 is 0. The van der Waals surface area contributed by atoms with Crippen LogP contribution in [-0.2, 0) is 0 Å². The van der Waals surface area contributed by atoms with Crippen LogP contribution in [-0.4, -0.2) is 0 Å². The Morgan fingerprint density at radius 2 is 1.62 bits per heavy atom. The Morgan fingerprint density at radius 3 is 2.15 bits per heavy atom. The summed E-state index contributed by atoms with van der Waals surface area (Å²) in [6.07, 6.45) is 13.9. The summed E-state index contributed by atoms with van der Waals surface area (Å²) in [7, 11) is 0. The Hall–Kier alpha value is -0.260. The van der Waals surface area contributed by atoms with Gasteiger partial charge < -0.3 is 0 Å². The van der Waals surface area contributed by atoms with Gasteiger partial charge in [-0.05, 0) is 31.8 Å². The highest BCUT2D eigenvalue weighted by molar-refractivity contribution is 4.95. The first-order chi connectivity index (χ1) is 6.35. The molecular weight excluding hydrogens is 156 g/mol. The molecule has 0 saturated carbocycles. The van der Waals surface area contributed by atoms with Crippen LogP contribution in [0.5, 0.6) is 0 Å². The molecule has 0 unspecified atom stereocenters. The average molecular weight is 181 g/mol. The van der Waals surface area contributed by atoms with Gasteiger partial charge in [0.1, 0.15) is 0 Å². The summed E-state index contributed by atoms with van der Waals surface area (Å²) in [4.78, 5) is 0. The molecule has 0 N–H and O–H groups in total. The molecule has 0 heteroatoms. The van der Waals surface area contributed by atoms with E-state index in [0.29, 0.717) is 0 Å². The van der Waals surface area contributed by atoms with Crippen LogP contribution in [0.15, 0.2) is 5.57 Å². The van der Waals surface area contributed by atoms with E-state index in [0.717, 1.165) is 6.42 Å². The number of hydrogen-bond acceptors (Lipinski definition) is 0. The summed E-state index contributed by atoms with van der Waals surface area (Å²) in [6.45, 7) is 6.68. The summed E-state index contributed by atoms with van der Waals surface area (Å²) in [6, 6.07) is 0. The van der Waals surface area contributed by atoms with Gasteiger partial charge in [0.15, 0.2) is 0 Å². The van der Waals surface area contributed by atoms with E-state index in [1.807, 2.05) is 0 Å². The van der Waals surface area contributed by atoms with E-state index in [9.17, 15) is 0 Å². The highest BCUT2D eigenvalue weighted by Gasteiger charge is 1.94. The lowest BCUT2D eigenvalue weighted by Gasteiger charge is -2.03. The van der Waals surface area contributed by atoms with E-state index in [1.54, 1.807) is 5.57 Å². The van der Waals surface area contributed by atoms with Crippen LogP contribution in [0.2, 0.25) is 0 Å². The molecule has 0 rings (SSSR count). The molecule has 77 valence electrons. The van der Waals surface area contributed by atoms with Crippen LogP contribution in [0, 0.1) is 6.08 Å². The molecule has 0 aliphatic carbocycles. The van der Waals surface area contributed by atoms with Gasteiger partial charge >= 0.3 is 0 Å². The highest BCUT2D eigenvalue weighted by atomic mass is 14.0. The Bertz CT molecular complexity index is 122. The van der Waals surface area contributed by atoms with Gasteiger partial charge in [0.05, 0.1) is 0 Å². The number of rotatable bonds is 8. The Labute approximate surface area is 84.4 Å². The maximum Gasteiger partial charge on any atom is -0.0305 e. The molecule has 0 aromatic rings. The molecule has 0 spiro atoms. The molecule has 0 aliphatic heterocycles. The second-order valence-corrected chi connectivity index (χ2v) is 3.65. The largest absolute Gasteiger partial charge is 0.0670 e.